The van der Waals surface area contributed by atoms with Crippen molar-refractivity contribution < 1.29 is 4.42 Å². The fourth-order valence-electron chi connectivity index (χ4n) is 7.65. The molecule has 51 heavy (non-hydrogen) atoms. The summed E-state index contributed by atoms with van der Waals surface area (Å²) in [5, 5.41) is 6.82. The molecule has 0 radical (unpaired) electrons. The van der Waals surface area contributed by atoms with Gasteiger partial charge in [0.2, 0.25) is 0 Å². The van der Waals surface area contributed by atoms with E-state index in [4.69, 9.17) is 19.4 Å². The van der Waals surface area contributed by atoms with E-state index in [9.17, 15) is 0 Å². The number of hydrogen-bond donors (Lipinski definition) is 0. The quantitative estimate of drug-likeness (QED) is 0.187. The number of rotatable bonds is 4. The molecule has 238 valence electrons. The van der Waals surface area contributed by atoms with E-state index in [0.717, 1.165) is 49.7 Å². The van der Waals surface area contributed by atoms with Crippen LogP contribution in [0.1, 0.15) is 0 Å². The predicted octanol–water partition coefficient (Wildman–Crippen LogP) is 12.2. The Balaban J connectivity index is 1.21. The van der Waals surface area contributed by atoms with Gasteiger partial charge in [-0.2, -0.15) is 0 Å². The zero-order chi connectivity index (χ0) is 33.5. The third-order valence-electron chi connectivity index (χ3n) is 9.86. The Labute approximate surface area is 295 Å². The lowest BCUT2D eigenvalue weighted by atomic mass is 10.0. The highest BCUT2D eigenvalue weighted by molar-refractivity contribution is 7.26. The lowest BCUT2D eigenvalue weighted by Crippen LogP contribution is -2.00. The van der Waals surface area contributed by atoms with E-state index in [2.05, 4.69) is 89.5 Å². The van der Waals surface area contributed by atoms with Gasteiger partial charge in [-0.25, -0.2) is 15.0 Å². The van der Waals surface area contributed by atoms with Crippen LogP contribution in [0.4, 0.5) is 0 Å². The maximum Gasteiger partial charge on any atom is 0.164 e. The van der Waals surface area contributed by atoms with E-state index < -0.39 is 0 Å². The number of para-hydroxylation sites is 2. The molecular formula is C45H26N4OS. The average Bonchev–Trinajstić information content (AvgIpc) is 3.88. The number of fused-ring (bicyclic) bond motifs is 10. The van der Waals surface area contributed by atoms with Crippen molar-refractivity contribution in [2.45, 2.75) is 0 Å². The standard InChI is InChI=1S/C45H26N4OS/c1-3-13-27(14-4-1)43-46-44(28-15-5-2-6-16-28)48-45(47-43)32-19-11-23-36-39(32)31-25-26-38-41(42(31)50-36)40-35(22-12-24-37(40)51-38)49-33-20-9-7-17-29(33)30-18-8-10-21-34(30)49/h1-26H. The lowest BCUT2D eigenvalue weighted by Gasteiger charge is -2.10. The van der Waals surface area contributed by atoms with Gasteiger partial charge in [-0.15, -0.1) is 11.3 Å². The van der Waals surface area contributed by atoms with Gasteiger partial charge in [-0.1, -0.05) is 115 Å². The molecule has 0 aliphatic carbocycles. The van der Waals surface area contributed by atoms with Crippen LogP contribution < -0.4 is 0 Å². The van der Waals surface area contributed by atoms with Crippen molar-refractivity contribution in [1.82, 2.24) is 19.5 Å². The molecule has 0 N–H and O–H groups in total. The minimum absolute atomic E-state index is 0.609. The Morgan fingerprint density at radius 2 is 1.02 bits per heavy atom. The number of furan rings is 1. The van der Waals surface area contributed by atoms with Gasteiger partial charge < -0.3 is 8.98 Å². The topological polar surface area (TPSA) is 56.7 Å². The number of aromatic nitrogens is 4. The molecule has 6 heteroatoms. The van der Waals surface area contributed by atoms with E-state index >= 15 is 0 Å². The summed E-state index contributed by atoms with van der Waals surface area (Å²) in [6, 6.07) is 54.8. The zero-order valence-electron chi connectivity index (χ0n) is 27.1. The summed E-state index contributed by atoms with van der Waals surface area (Å²) < 4.78 is 11.7. The normalized spacial score (nSPS) is 11.9. The fourth-order valence-corrected chi connectivity index (χ4v) is 8.78. The molecule has 0 saturated heterocycles. The fraction of sp³-hybridized carbons (Fsp3) is 0. The van der Waals surface area contributed by atoms with Gasteiger partial charge in [0.15, 0.2) is 17.5 Å². The number of thiophene rings is 1. The van der Waals surface area contributed by atoms with E-state index in [-0.39, 0.29) is 0 Å². The largest absolute Gasteiger partial charge is 0.455 e. The van der Waals surface area contributed by atoms with Crippen molar-refractivity contribution in [1.29, 1.82) is 0 Å². The molecule has 5 nitrogen and oxygen atoms in total. The van der Waals surface area contributed by atoms with Gasteiger partial charge in [0, 0.05) is 58.4 Å². The molecule has 0 saturated carbocycles. The first kappa shape index (κ1) is 28.2. The van der Waals surface area contributed by atoms with Gasteiger partial charge in [0.05, 0.1) is 16.7 Å². The first-order valence-corrected chi connectivity index (χ1v) is 17.8. The van der Waals surface area contributed by atoms with Crippen LogP contribution in [-0.4, -0.2) is 19.5 Å². The van der Waals surface area contributed by atoms with Gasteiger partial charge in [0.25, 0.3) is 0 Å². The van der Waals surface area contributed by atoms with Gasteiger partial charge >= 0.3 is 0 Å². The summed E-state index contributed by atoms with van der Waals surface area (Å²) in [7, 11) is 0. The maximum absolute atomic E-state index is 6.90. The minimum atomic E-state index is 0.609. The van der Waals surface area contributed by atoms with E-state index in [1.54, 1.807) is 11.3 Å². The molecule has 4 heterocycles. The smallest absolute Gasteiger partial charge is 0.164 e. The second-order valence-electron chi connectivity index (χ2n) is 12.8. The van der Waals surface area contributed by atoms with E-state index in [1.165, 1.54) is 36.6 Å². The number of hydrogen-bond acceptors (Lipinski definition) is 5. The van der Waals surface area contributed by atoms with Crippen LogP contribution in [0.3, 0.4) is 0 Å². The molecule has 0 atom stereocenters. The van der Waals surface area contributed by atoms with Crippen molar-refractivity contribution in [2.24, 2.45) is 0 Å². The average molecular weight is 671 g/mol. The van der Waals surface area contributed by atoms with Crippen LogP contribution in [-0.2, 0) is 0 Å². The Hall–Kier alpha value is -6.63. The second-order valence-corrected chi connectivity index (χ2v) is 13.8. The summed E-state index contributed by atoms with van der Waals surface area (Å²) in [4.78, 5) is 15.1. The molecule has 11 rings (SSSR count). The monoisotopic (exact) mass is 670 g/mol. The van der Waals surface area contributed by atoms with Crippen molar-refractivity contribution in [3.63, 3.8) is 0 Å². The second kappa shape index (κ2) is 10.9. The molecule has 7 aromatic carbocycles. The molecule has 0 aliphatic heterocycles. The van der Waals surface area contributed by atoms with Crippen molar-refractivity contribution in [2.75, 3.05) is 0 Å². The zero-order valence-corrected chi connectivity index (χ0v) is 27.9. The van der Waals surface area contributed by atoms with Crippen LogP contribution in [0.25, 0.3) is 104 Å². The Morgan fingerprint density at radius 1 is 0.431 bits per heavy atom. The molecule has 11 aromatic rings. The van der Waals surface area contributed by atoms with Crippen LogP contribution >= 0.6 is 11.3 Å². The summed E-state index contributed by atoms with van der Waals surface area (Å²) in [6.07, 6.45) is 0. The molecule has 0 amide bonds. The maximum atomic E-state index is 6.90. The molecular weight excluding hydrogens is 645 g/mol. The number of nitrogens with zero attached hydrogens (tertiary/aromatic N) is 4. The van der Waals surface area contributed by atoms with Crippen LogP contribution in [0.5, 0.6) is 0 Å². The highest BCUT2D eigenvalue weighted by atomic mass is 32.1. The van der Waals surface area contributed by atoms with Crippen LogP contribution in [0.2, 0.25) is 0 Å². The molecule has 0 bridgehead atoms. The molecule has 0 aliphatic rings. The van der Waals surface area contributed by atoms with Crippen LogP contribution in [0.15, 0.2) is 162 Å². The molecule has 4 aromatic heterocycles. The summed E-state index contributed by atoms with van der Waals surface area (Å²) in [5.74, 6) is 1.87. The minimum Gasteiger partial charge on any atom is -0.455 e. The third-order valence-corrected chi connectivity index (χ3v) is 11.0. The summed E-state index contributed by atoms with van der Waals surface area (Å²) >= 11 is 1.80. The SMILES string of the molecule is c1ccc(-c2nc(-c3ccccc3)nc(-c3cccc4oc5c(ccc6sc7cccc(-n8c9ccccc9c9ccccc98)c7c65)c34)n2)cc1. The van der Waals surface area contributed by atoms with Crippen molar-refractivity contribution in [3.05, 3.63) is 158 Å². The van der Waals surface area contributed by atoms with Gasteiger partial charge in [-0.3, -0.25) is 0 Å². The highest BCUT2D eigenvalue weighted by Gasteiger charge is 2.22. The molecule has 0 spiro atoms. The third kappa shape index (κ3) is 4.24. The Morgan fingerprint density at radius 3 is 1.71 bits per heavy atom. The summed E-state index contributed by atoms with van der Waals surface area (Å²) in [6.45, 7) is 0. The first-order chi connectivity index (χ1) is 25.3. The van der Waals surface area contributed by atoms with Gasteiger partial charge in [0.1, 0.15) is 11.2 Å². The predicted molar refractivity (Wildman–Crippen MR) is 211 cm³/mol. The molecule has 0 fully saturated rings. The molecule has 0 unspecified atom stereocenters. The van der Waals surface area contributed by atoms with Crippen molar-refractivity contribution >= 4 is 75.3 Å². The highest BCUT2D eigenvalue weighted by Crippen LogP contribution is 2.46. The Bertz CT molecular complexity index is 3030. The first-order valence-electron chi connectivity index (χ1n) is 17.0. The Kier molecular flexibility index (Phi) is 6.05. The van der Waals surface area contributed by atoms with Crippen molar-refractivity contribution in [3.8, 4) is 39.9 Å². The van der Waals surface area contributed by atoms with Crippen LogP contribution in [0, 0.1) is 0 Å². The summed E-state index contributed by atoms with van der Waals surface area (Å²) in [5.41, 5.74) is 7.96. The van der Waals surface area contributed by atoms with E-state index in [1.807, 2.05) is 72.8 Å². The van der Waals surface area contributed by atoms with Gasteiger partial charge in [-0.05, 0) is 42.5 Å². The lowest BCUT2D eigenvalue weighted by molar-refractivity contribution is 0.673. The number of benzene rings is 7. The van der Waals surface area contributed by atoms with E-state index in [0.29, 0.717) is 17.5 Å².